The number of aromatic nitrogens is 2. The van der Waals surface area contributed by atoms with Gasteiger partial charge in [-0.1, -0.05) is 29.4 Å². The van der Waals surface area contributed by atoms with E-state index in [1.54, 1.807) is 31.4 Å². The summed E-state index contributed by atoms with van der Waals surface area (Å²) in [6.45, 7) is 1.81. The number of hydrogen-bond donors (Lipinski definition) is 3. The zero-order valence-electron chi connectivity index (χ0n) is 14.9. The molecule has 0 saturated carbocycles. The number of methoxy groups -OCH3 is 1. The number of hydrogen-bond acceptors (Lipinski definition) is 6. The highest BCUT2D eigenvalue weighted by atomic mass is 16.7. The molecule has 0 fully saturated rings. The minimum atomic E-state index is -0.707. The molecule has 27 heavy (non-hydrogen) atoms. The van der Waals surface area contributed by atoms with Crippen LogP contribution in [0.25, 0.3) is 11.3 Å². The molecule has 5 N–H and O–H groups in total. The Hall–Kier alpha value is -3.81. The van der Waals surface area contributed by atoms with Crippen molar-refractivity contribution in [1.82, 2.24) is 10.2 Å². The molecule has 8 heteroatoms. The predicted molar refractivity (Wildman–Crippen MR) is 102 cm³/mol. The molecule has 0 spiro atoms. The van der Waals surface area contributed by atoms with Crippen molar-refractivity contribution >= 4 is 17.5 Å². The molecule has 0 amide bonds. The first-order valence-electron chi connectivity index (χ1n) is 8.09. The number of nitrogens with zero attached hydrogens (tertiary/aromatic N) is 2. The van der Waals surface area contributed by atoms with E-state index in [0.717, 1.165) is 11.1 Å². The van der Waals surface area contributed by atoms with Gasteiger partial charge in [0.1, 0.15) is 11.4 Å². The molecule has 1 aromatic heterocycles. The molecule has 0 radical (unpaired) electrons. The van der Waals surface area contributed by atoms with Crippen molar-refractivity contribution in [1.29, 1.82) is 0 Å². The van der Waals surface area contributed by atoms with Crippen LogP contribution in [0.3, 0.4) is 0 Å². The van der Waals surface area contributed by atoms with E-state index in [0.29, 0.717) is 22.7 Å². The summed E-state index contributed by atoms with van der Waals surface area (Å²) in [6, 6.07) is 14.1. The summed E-state index contributed by atoms with van der Waals surface area (Å²) in [5.41, 5.74) is 15.2. The third-order valence-electron chi connectivity index (χ3n) is 4.04. The largest absolute Gasteiger partial charge is 0.497 e. The van der Waals surface area contributed by atoms with Crippen molar-refractivity contribution in [3.05, 3.63) is 65.4 Å². The van der Waals surface area contributed by atoms with Crippen LogP contribution in [0.2, 0.25) is 0 Å². The highest BCUT2D eigenvalue weighted by molar-refractivity contribution is 6.00. The highest BCUT2D eigenvalue weighted by Gasteiger charge is 2.14. The summed E-state index contributed by atoms with van der Waals surface area (Å²) in [7, 11) is 1.58. The average molecular weight is 365 g/mol. The molecule has 0 aliphatic rings. The van der Waals surface area contributed by atoms with E-state index in [1.807, 2.05) is 31.2 Å². The fourth-order valence-corrected chi connectivity index (χ4v) is 2.48. The van der Waals surface area contributed by atoms with Gasteiger partial charge in [0.05, 0.1) is 12.8 Å². The molecule has 8 nitrogen and oxygen atoms in total. The zero-order valence-corrected chi connectivity index (χ0v) is 14.9. The first-order chi connectivity index (χ1) is 13.0. The lowest BCUT2D eigenvalue weighted by Gasteiger charge is -2.06. The number of nitrogens with one attached hydrogen (secondary N) is 1. The standard InChI is InChI=1S/C19H19N5O3/c1-11-14(7-4-8-15(11)20)18(21)24-27-19(25)17-10-16(22-23-17)12-5-3-6-13(9-12)26-2/h3-10H,20H2,1-2H3,(H2,21,24)(H,22,23). The van der Waals surface area contributed by atoms with Crippen molar-refractivity contribution in [2.75, 3.05) is 12.8 Å². The van der Waals surface area contributed by atoms with Gasteiger partial charge in [-0.15, -0.1) is 0 Å². The highest BCUT2D eigenvalue weighted by Crippen LogP contribution is 2.22. The van der Waals surface area contributed by atoms with Crippen LogP contribution in [0.15, 0.2) is 53.7 Å². The normalized spacial score (nSPS) is 11.3. The maximum atomic E-state index is 12.2. The Kier molecular flexibility index (Phi) is 5.07. The van der Waals surface area contributed by atoms with E-state index in [2.05, 4.69) is 15.4 Å². The van der Waals surface area contributed by atoms with Gasteiger partial charge in [0.2, 0.25) is 0 Å². The third-order valence-corrected chi connectivity index (χ3v) is 4.04. The average Bonchev–Trinajstić information content (AvgIpc) is 3.18. The van der Waals surface area contributed by atoms with E-state index >= 15 is 0 Å². The molecule has 0 bridgehead atoms. The molecule has 1 heterocycles. The summed E-state index contributed by atoms with van der Waals surface area (Å²) in [6.07, 6.45) is 0. The Labute approximate surface area is 155 Å². The second-order valence-electron chi connectivity index (χ2n) is 5.77. The fourth-order valence-electron chi connectivity index (χ4n) is 2.48. The summed E-state index contributed by atoms with van der Waals surface area (Å²) in [4.78, 5) is 17.1. The number of aromatic amines is 1. The van der Waals surface area contributed by atoms with E-state index < -0.39 is 5.97 Å². The van der Waals surface area contributed by atoms with Gasteiger partial charge in [0.25, 0.3) is 0 Å². The number of rotatable bonds is 5. The smallest absolute Gasteiger partial charge is 0.383 e. The number of nitrogens with two attached hydrogens (primary N) is 2. The minimum Gasteiger partial charge on any atom is -0.497 e. The summed E-state index contributed by atoms with van der Waals surface area (Å²) in [5, 5.41) is 10.4. The molecule has 3 aromatic rings. The molecule has 3 rings (SSSR count). The van der Waals surface area contributed by atoms with Crippen LogP contribution in [0.4, 0.5) is 5.69 Å². The first kappa shape index (κ1) is 18.0. The van der Waals surface area contributed by atoms with Gasteiger partial charge in [-0.3, -0.25) is 5.10 Å². The Balaban J connectivity index is 1.75. The van der Waals surface area contributed by atoms with Gasteiger partial charge in [-0.25, -0.2) is 4.79 Å². The van der Waals surface area contributed by atoms with Crippen LogP contribution in [0.1, 0.15) is 21.6 Å². The molecule has 0 saturated heterocycles. The maximum Gasteiger partial charge on any atom is 0.383 e. The zero-order chi connectivity index (χ0) is 19.4. The van der Waals surface area contributed by atoms with Crippen molar-refractivity contribution in [3.63, 3.8) is 0 Å². The summed E-state index contributed by atoms with van der Waals surface area (Å²) >= 11 is 0. The molecule has 0 aliphatic heterocycles. The number of anilines is 1. The van der Waals surface area contributed by atoms with Crippen molar-refractivity contribution in [3.8, 4) is 17.0 Å². The van der Waals surface area contributed by atoms with Gasteiger partial charge in [-0.05, 0) is 36.8 Å². The van der Waals surface area contributed by atoms with Crippen LogP contribution in [-0.2, 0) is 4.84 Å². The quantitative estimate of drug-likeness (QED) is 0.209. The summed E-state index contributed by atoms with van der Waals surface area (Å²) in [5.74, 6) is 0.0383. The van der Waals surface area contributed by atoms with Gasteiger partial charge in [0.15, 0.2) is 5.84 Å². The molecule has 0 atom stereocenters. The number of carbonyl (C=O) groups excluding carboxylic acids is 1. The minimum absolute atomic E-state index is 0.0562. The maximum absolute atomic E-state index is 12.2. The van der Waals surface area contributed by atoms with Crippen molar-refractivity contribution in [2.45, 2.75) is 6.92 Å². The lowest BCUT2D eigenvalue weighted by molar-refractivity contribution is 0.0509. The molecular weight excluding hydrogens is 346 g/mol. The fraction of sp³-hybridized carbons (Fsp3) is 0.105. The van der Waals surface area contributed by atoms with E-state index in [-0.39, 0.29) is 11.5 Å². The van der Waals surface area contributed by atoms with E-state index in [1.165, 1.54) is 0 Å². The monoisotopic (exact) mass is 365 g/mol. The number of H-pyrrole nitrogens is 1. The molecular formula is C19H19N5O3. The first-order valence-corrected chi connectivity index (χ1v) is 8.09. The number of benzene rings is 2. The van der Waals surface area contributed by atoms with Crippen LogP contribution < -0.4 is 16.2 Å². The predicted octanol–water partition coefficient (Wildman–Crippen LogP) is 2.45. The van der Waals surface area contributed by atoms with Gasteiger partial charge in [-0.2, -0.15) is 5.10 Å². The Morgan fingerprint density at radius 2 is 1.96 bits per heavy atom. The second kappa shape index (κ2) is 7.61. The summed E-state index contributed by atoms with van der Waals surface area (Å²) < 4.78 is 5.19. The van der Waals surface area contributed by atoms with Gasteiger partial charge in [0, 0.05) is 16.8 Å². The second-order valence-corrected chi connectivity index (χ2v) is 5.77. The van der Waals surface area contributed by atoms with E-state index in [9.17, 15) is 4.79 Å². The van der Waals surface area contributed by atoms with E-state index in [4.69, 9.17) is 21.0 Å². The van der Waals surface area contributed by atoms with Crippen LogP contribution >= 0.6 is 0 Å². The van der Waals surface area contributed by atoms with Crippen molar-refractivity contribution < 1.29 is 14.4 Å². The lowest BCUT2D eigenvalue weighted by atomic mass is 10.1. The van der Waals surface area contributed by atoms with Crippen molar-refractivity contribution in [2.24, 2.45) is 10.9 Å². The molecule has 2 aromatic carbocycles. The Morgan fingerprint density at radius 1 is 1.19 bits per heavy atom. The number of carbonyl (C=O) groups is 1. The van der Waals surface area contributed by atoms with Gasteiger partial charge >= 0.3 is 5.97 Å². The molecule has 138 valence electrons. The SMILES string of the molecule is COc1cccc(-c2cc(C(=O)O/N=C(\N)c3cccc(N)c3C)[nH]n2)c1. The van der Waals surface area contributed by atoms with Crippen LogP contribution in [0.5, 0.6) is 5.75 Å². The van der Waals surface area contributed by atoms with Crippen LogP contribution in [-0.4, -0.2) is 29.1 Å². The molecule has 0 aliphatic carbocycles. The Bertz CT molecular complexity index is 1010. The number of ether oxygens (including phenoxy) is 1. The number of nitrogen functional groups attached to an aromatic ring is 1. The number of oxime groups is 1. The third kappa shape index (κ3) is 3.90. The Morgan fingerprint density at radius 3 is 2.74 bits per heavy atom. The van der Waals surface area contributed by atoms with Crippen LogP contribution in [0, 0.1) is 6.92 Å². The topological polar surface area (TPSA) is 129 Å². The molecule has 0 unspecified atom stereocenters. The number of amidine groups is 1. The lowest BCUT2D eigenvalue weighted by Crippen LogP contribution is -2.17. The van der Waals surface area contributed by atoms with Gasteiger partial charge < -0.3 is 21.0 Å².